The zero-order valence-corrected chi connectivity index (χ0v) is 11.7. The van der Waals surface area contributed by atoms with Crippen LogP contribution in [0.25, 0.3) is 11.4 Å². The van der Waals surface area contributed by atoms with E-state index in [0.717, 1.165) is 14.5 Å². The molecule has 0 aliphatic heterocycles. The van der Waals surface area contributed by atoms with Crippen molar-refractivity contribution in [3.8, 4) is 11.4 Å². The Bertz CT molecular complexity index is 601. The molecule has 2 aromatic rings. The summed E-state index contributed by atoms with van der Waals surface area (Å²) in [7, 11) is 0. The molecule has 4 nitrogen and oxygen atoms in total. The first-order valence-electron chi connectivity index (χ1n) is 4.22. The second-order valence-electron chi connectivity index (χ2n) is 3.00. The van der Waals surface area contributed by atoms with E-state index in [4.69, 9.17) is 12.2 Å². The summed E-state index contributed by atoms with van der Waals surface area (Å²) >= 11 is 11.6. The lowest BCUT2D eigenvalue weighted by Gasteiger charge is -2.02. The second-order valence-corrected chi connectivity index (χ2v) is 5.22. The summed E-state index contributed by atoms with van der Waals surface area (Å²) < 4.78 is 1.94. The van der Waals surface area contributed by atoms with Gasteiger partial charge < -0.3 is 0 Å². The van der Waals surface area contributed by atoms with Crippen molar-refractivity contribution >= 4 is 44.1 Å². The van der Waals surface area contributed by atoms with Gasteiger partial charge in [-0.3, -0.25) is 9.97 Å². The average Bonchev–Trinajstić information content (AvgIpc) is 2.14. The lowest BCUT2D eigenvalue weighted by Crippen LogP contribution is -2.12. The van der Waals surface area contributed by atoms with Crippen LogP contribution in [0.1, 0.15) is 0 Å². The minimum atomic E-state index is -0.369. The molecule has 1 aromatic carbocycles. The van der Waals surface area contributed by atoms with E-state index in [1.165, 1.54) is 0 Å². The number of H-pyrrole nitrogens is 2. The van der Waals surface area contributed by atoms with Crippen LogP contribution < -0.4 is 5.69 Å². The Labute approximate surface area is 112 Å². The summed E-state index contributed by atoms with van der Waals surface area (Å²) in [5.74, 6) is 0.441. The van der Waals surface area contributed by atoms with E-state index in [1.807, 2.05) is 18.2 Å². The van der Waals surface area contributed by atoms with E-state index in [1.54, 1.807) is 0 Å². The van der Waals surface area contributed by atoms with Gasteiger partial charge in [-0.25, -0.2) is 9.78 Å². The highest BCUT2D eigenvalue weighted by Crippen LogP contribution is 2.24. The SMILES string of the molecule is O=c1[nH]c(-c2cc(Br)cc(Br)c2)nc(=S)[nH]1. The number of hydrogen-bond acceptors (Lipinski definition) is 3. The van der Waals surface area contributed by atoms with Crippen LogP contribution in [0.4, 0.5) is 0 Å². The number of rotatable bonds is 1. The zero-order valence-electron chi connectivity index (χ0n) is 7.75. The van der Waals surface area contributed by atoms with Crippen LogP contribution in [0.3, 0.4) is 0 Å². The van der Waals surface area contributed by atoms with Crippen molar-refractivity contribution < 1.29 is 0 Å². The smallest absolute Gasteiger partial charge is 0.291 e. The molecule has 1 heterocycles. The van der Waals surface area contributed by atoms with Gasteiger partial charge in [-0.15, -0.1) is 0 Å². The number of benzene rings is 1. The molecule has 0 saturated heterocycles. The van der Waals surface area contributed by atoms with Crippen molar-refractivity contribution in [2.75, 3.05) is 0 Å². The van der Waals surface area contributed by atoms with Crippen molar-refractivity contribution in [2.24, 2.45) is 0 Å². The number of nitrogens with zero attached hydrogens (tertiary/aromatic N) is 1. The molecule has 0 amide bonds. The van der Waals surface area contributed by atoms with Crippen molar-refractivity contribution in [1.29, 1.82) is 0 Å². The highest BCUT2D eigenvalue weighted by Gasteiger charge is 2.03. The third-order valence-corrected chi connectivity index (χ3v) is 2.91. The first-order chi connectivity index (χ1) is 7.54. The molecule has 2 rings (SSSR count). The van der Waals surface area contributed by atoms with Crippen molar-refractivity contribution in [3.63, 3.8) is 0 Å². The molecule has 0 spiro atoms. The molecule has 7 heteroatoms. The van der Waals surface area contributed by atoms with E-state index >= 15 is 0 Å². The van der Waals surface area contributed by atoms with Crippen LogP contribution in [-0.4, -0.2) is 15.0 Å². The molecule has 0 aliphatic carbocycles. The Balaban J connectivity index is 2.67. The van der Waals surface area contributed by atoms with Crippen molar-refractivity contribution in [3.05, 3.63) is 42.4 Å². The normalized spacial score (nSPS) is 10.4. The molecule has 0 saturated carbocycles. The van der Waals surface area contributed by atoms with Gasteiger partial charge in [-0.1, -0.05) is 31.9 Å². The van der Waals surface area contributed by atoms with Gasteiger partial charge in [0, 0.05) is 14.5 Å². The summed E-state index contributed by atoms with van der Waals surface area (Å²) in [6, 6.07) is 5.58. The maximum absolute atomic E-state index is 11.2. The van der Waals surface area contributed by atoms with E-state index in [0.29, 0.717) is 5.82 Å². The largest absolute Gasteiger partial charge is 0.326 e. The van der Waals surface area contributed by atoms with E-state index < -0.39 is 0 Å². The number of aromatic nitrogens is 3. The van der Waals surface area contributed by atoms with Crippen LogP contribution in [0.5, 0.6) is 0 Å². The van der Waals surface area contributed by atoms with Crippen LogP contribution in [0.15, 0.2) is 31.9 Å². The predicted octanol–water partition coefficient (Wildman–Crippen LogP) is 3.02. The fourth-order valence-corrected chi connectivity index (χ4v) is 2.70. The summed E-state index contributed by atoms with van der Waals surface area (Å²) in [5.41, 5.74) is 0.407. The van der Waals surface area contributed by atoms with Gasteiger partial charge in [0.15, 0.2) is 0 Å². The molecule has 1 aromatic heterocycles. The number of nitrogens with one attached hydrogen (secondary N) is 2. The Morgan fingerprint density at radius 1 is 1.12 bits per heavy atom. The third kappa shape index (κ3) is 2.66. The topological polar surface area (TPSA) is 61.5 Å². The van der Waals surface area contributed by atoms with Gasteiger partial charge in [0.1, 0.15) is 5.82 Å². The molecule has 0 fully saturated rings. The Kier molecular flexibility index (Phi) is 3.36. The first-order valence-corrected chi connectivity index (χ1v) is 6.21. The summed E-state index contributed by atoms with van der Waals surface area (Å²) in [6.45, 7) is 0. The second kappa shape index (κ2) is 4.60. The Morgan fingerprint density at radius 3 is 2.31 bits per heavy atom. The number of halogens is 2. The lowest BCUT2D eigenvalue weighted by molar-refractivity contribution is 0.975. The fourth-order valence-electron chi connectivity index (χ4n) is 1.22. The maximum Gasteiger partial charge on any atom is 0.326 e. The van der Waals surface area contributed by atoms with E-state index in [2.05, 4.69) is 46.8 Å². The minimum absolute atomic E-state index is 0.162. The highest BCUT2D eigenvalue weighted by atomic mass is 79.9. The maximum atomic E-state index is 11.2. The molecule has 0 radical (unpaired) electrons. The molecular formula is C9H5Br2N3OS. The molecule has 82 valence electrons. The van der Waals surface area contributed by atoms with Gasteiger partial charge >= 0.3 is 5.69 Å². The number of hydrogen-bond donors (Lipinski definition) is 2. The summed E-state index contributed by atoms with van der Waals surface area (Å²) in [6.07, 6.45) is 0. The van der Waals surface area contributed by atoms with E-state index in [-0.39, 0.29) is 10.5 Å². The molecular weight excluding hydrogens is 358 g/mol. The van der Waals surface area contributed by atoms with E-state index in [9.17, 15) is 4.79 Å². The van der Waals surface area contributed by atoms with Crippen molar-refractivity contribution in [1.82, 2.24) is 15.0 Å². The molecule has 0 unspecified atom stereocenters. The quantitative estimate of drug-likeness (QED) is 0.766. The van der Waals surface area contributed by atoms with Crippen LogP contribution in [-0.2, 0) is 0 Å². The minimum Gasteiger partial charge on any atom is -0.291 e. The molecule has 16 heavy (non-hydrogen) atoms. The molecule has 0 atom stereocenters. The Hall–Kier alpha value is -0.790. The number of aromatic amines is 2. The fraction of sp³-hybridized carbons (Fsp3) is 0. The van der Waals surface area contributed by atoms with Crippen LogP contribution >= 0.6 is 44.1 Å². The summed E-state index contributed by atoms with van der Waals surface area (Å²) in [4.78, 5) is 20.2. The van der Waals surface area contributed by atoms with Gasteiger partial charge in [0.05, 0.1) is 0 Å². The van der Waals surface area contributed by atoms with Gasteiger partial charge in [-0.05, 0) is 30.4 Å². The lowest BCUT2D eigenvalue weighted by atomic mass is 10.2. The summed E-state index contributed by atoms with van der Waals surface area (Å²) in [5, 5.41) is 0. The standard InChI is InChI=1S/C9H5Br2N3OS/c10-5-1-4(2-6(11)3-5)7-12-8(15)14-9(16)13-7/h1-3H,(H2,12,13,14,15,16). The van der Waals surface area contributed by atoms with Gasteiger partial charge in [0.25, 0.3) is 0 Å². The highest BCUT2D eigenvalue weighted by molar-refractivity contribution is 9.11. The molecule has 0 bridgehead atoms. The van der Waals surface area contributed by atoms with Crippen LogP contribution in [0.2, 0.25) is 0 Å². The van der Waals surface area contributed by atoms with Gasteiger partial charge in [0.2, 0.25) is 4.77 Å². The first kappa shape index (κ1) is 11.7. The monoisotopic (exact) mass is 361 g/mol. The molecule has 0 aliphatic rings. The third-order valence-electron chi connectivity index (χ3n) is 1.80. The van der Waals surface area contributed by atoms with Gasteiger partial charge in [-0.2, -0.15) is 0 Å². The zero-order chi connectivity index (χ0) is 11.7. The van der Waals surface area contributed by atoms with Crippen molar-refractivity contribution in [2.45, 2.75) is 0 Å². The Morgan fingerprint density at radius 2 is 1.75 bits per heavy atom. The van der Waals surface area contributed by atoms with Crippen LogP contribution in [0, 0.1) is 4.77 Å². The predicted molar refractivity (Wildman–Crippen MR) is 70.9 cm³/mol. The molecule has 2 N–H and O–H groups in total. The average molecular weight is 363 g/mol.